The van der Waals surface area contributed by atoms with Crippen molar-refractivity contribution in [3.05, 3.63) is 19.9 Å². The van der Waals surface area contributed by atoms with E-state index < -0.39 is 0 Å². The first-order chi connectivity index (χ1) is 10.1. The summed E-state index contributed by atoms with van der Waals surface area (Å²) >= 11 is 3.80. The van der Waals surface area contributed by atoms with Gasteiger partial charge in [-0.15, -0.1) is 11.3 Å². The Bertz CT molecular complexity index is 508. The molecule has 1 aliphatic rings. The zero-order valence-corrected chi connectivity index (χ0v) is 15.3. The monoisotopic (exact) mass is 421 g/mol. The maximum absolute atomic E-state index is 12.4. The largest absolute Gasteiger partial charge is 0.335 e. The van der Waals surface area contributed by atoms with Gasteiger partial charge in [-0.2, -0.15) is 0 Å². The van der Waals surface area contributed by atoms with Gasteiger partial charge in [-0.3, -0.25) is 4.79 Å². The van der Waals surface area contributed by atoms with Crippen LogP contribution >= 0.6 is 33.9 Å². The Morgan fingerprint density at radius 2 is 1.76 bits per heavy atom. The summed E-state index contributed by atoms with van der Waals surface area (Å²) in [5.74, 6) is 0.0732. The lowest BCUT2D eigenvalue weighted by molar-refractivity contribution is 0.0642. The molecule has 2 rings (SSSR count). The van der Waals surface area contributed by atoms with E-state index in [4.69, 9.17) is 0 Å². The zero-order valence-electron chi connectivity index (χ0n) is 12.3. The van der Waals surface area contributed by atoms with E-state index in [0.29, 0.717) is 26.2 Å². The van der Waals surface area contributed by atoms with E-state index in [9.17, 15) is 9.59 Å². The first-order valence-electron chi connectivity index (χ1n) is 7.14. The molecule has 0 saturated carbocycles. The molecule has 0 aromatic carbocycles. The van der Waals surface area contributed by atoms with Crippen LogP contribution in [-0.2, 0) is 0 Å². The van der Waals surface area contributed by atoms with Gasteiger partial charge in [0, 0.05) is 44.6 Å². The van der Waals surface area contributed by atoms with Crippen LogP contribution in [0.2, 0.25) is 0 Å². The molecule has 1 fully saturated rings. The molecular formula is C14H20IN3O2S. The average Bonchev–Trinajstić information content (AvgIpc) is 2.94. The van der Waals surface area contributed by atoms with Crippen molar-refractivity contribution in [1.82, 2.24) is 14.7 Å². The second kappa shape index (κ2) is 7.44. The number of amides is 3. The Labute approximate surface area is 143 Å². The topological polar surface area (TPSA) is 43.9 Å². The van der Waals surface area contributed by atoms with E-state index >= 15 is 0 Å². The molecule has 0 bridgehead atoms. The molecule has 1 aromatic heterocycles. The summed E-state index contributed by atoms with van der Waals surface area (Å²) in [6.07, 6.45) is 0. The molecule has 2 heterocycles. The predicted octanol–water partition coefficient (Wildman–Crippen LogP) is 2.57. The summed E-state index contributed by atoms with van der Waals surface area (Å²) in [4.78, 5) is 30.1. The molecule has 0 spiro atoms. The lowest BCUT2D eigenvalue weighted by Gasteiger charge is -2.37. The Kier molecular flexibility index (Phi) is 5.86. The van der Waals surface area contributed by atoms with Gasteiger partial charge in [-0.05, 0) is 42.5 Å². The van der Waals surface area contributed by atoms with Gasteiger partial charge in [-0.1, -0.05) is 0 Å². The highest BCUT2D eigenvalue weighted by atomic mass is 127. The summed E-state index contributed by atoms with van der Waals surface area (Å²) < 4.78 is 1.12. The number of rotatable bonds is 3. The molecule has 3 amide bonds. The number of piperazine rings is 1. The normalized spacial score (nSPS) is 15.2. The van der Waals surface area contributed by atoms with Crippen molar-refractivity contribution in [3.63, 3.8) is 0 Å². The van der Waals surface area contributed by atoms with Gasteiger partial charge in [0.25, 0.3) is 5.91 Å². The molecule has 0 N–H and O–H groups in total. The lowest BCUT2D eigenvalue weighted by atomic mass is 10.2. The standard InChI is InChI=1S/C14H20IN3O2S/c1-3-16(4-2)14(20)18-7-5-17(6-8-18)13(19)11-9-12(15)21-10-11/h9-10H,3-8H2,1-2H3. The van der Waals surface area contributed by atoms with Crippen molar-refractivity contribution in [3.8, 4) is 0 Å². The van der Waals surface area contributed by atoms with Crippen molar-refractivity contribution in [2.45, 2.75) is 13.8 Å². The number of halogens is 1. The van der Waals surface area contributed by atoms with E-state index in [1.165, 1.54) is 0 Å². The molecule has 1 aliphatic heterocycles. The Hall–Kier alpha value is -0.830. The van der Waals surface area contributed by atoms with Gasteiger partial charge >= 0.3 is 6.03 Å². The smallest absolute Gasteiger partial charge is 0.320 e. The highest BCUT2D eigenvalue weighted by Crippen LogP contribution is 2.19. The minimum Gasteiger partial charge on any atom is -0.335 e. The van der Waals surface area contributed by atoms with Crippen molar-refractivity contribution in [1.29, 1.82) is 0 Å². The van der Waals surface area contributed by atoms with E-state index in [-0.39, 0.29) is 11.9 Å². The molecule has 1 aromatic rings. The highest BCUT2D eigenvalue weighted by Gasteiger charge is 2.26. The third kappa shape index (κ3) is 3.88. The predicted molar refractivity (Wildman–Crippen MR) is 92.8 cm³/mol. The molecular weight excluding hydrogens is 401 g/mol. The lowest BCUT2D eigenvalue weighted by Crippen LogP contribution is -2.54. The third-order valence-electron chi connectivity index (χ3n) is 3.69. The highest BCUT2D eigenvalue weighted by molar-refractivity contribution is 14.1. The number of hydrogen-bond donors (Lipinski definition) is 0. The summed E-state index contributed by atoms with van der Waals surface area (Å²) in [6, 6.07) is 2.00. The maximum atomic E-state index is 12.4. The fourth-order valence-corrected chi connectivity index (χ4v) is 3.72. The second-order valence-electron chi connectivity index (χ2n) is 4.87. The summed E-state index contributed by atoms with van der Waals surface area (Å²) in [6.45, 7) is 7.86. The van der Waals surface area contributed by atoms with Crippen LogP contribution in [0.5, 0.6) is 0 Å². The fourth-order valence-electron chi connectivity index (χ4n) is 2.40. The van der Waals surface area contributed by atoms with Gasteiger partial charge in [-0.25, -0.2) is 4.79 Å². The molecule has 116 valence electrons. The molecule has 0 radical (unpaired) electrons. The molecule has 1 saturated heterocycles. The molecule has 0 atom stereocenters. The van der Waals surface area contributed by atoms with Crippen molar-refractivity contribution >= 4 is 45.9 Å². The van der Waals surface area contributed by atoms with Crippen LogP contribution in [0, 0.1) is 2.88 Å². The SMILES string of the molecule is CCN(CC)C(=O)N1CCN(C(=O)c2csc(I)c2)CC1. The van der Waals surface area contributed by atoms with Crippen molar-refractivity contribution in [2.75, 3.05) is 39.3 Å². The average molecular weight is 421 g/mol. The number of nitrogens with zero attached hydrogens (tertiary/aromatic N) is 3. The Morgan fingerprint density at radius 3 is 2.24 bits per heavy atom. The van der Waals surface area contributed by atoms with Crippen molar-refractivity contribution in [2.24, 2.45) is 0 Å². The van der Waals surface area contributed by atoms with E-state index in [1.54, 1.807) is 11.3 Å². The van der Waals surface area contributed by atoms with Gasteiger partial charge in [0.05, 0.1) is 8.45 Å². The van der Waals surface area contributed by atoms with E-state index in [1.807, 2.05) is 40.0 Å². The molecule has 0 aliphatic carbocycles. The van der Waals surface area contributed by atoms with E-state index in [0.717, 1.165) is 21.5 Å². The van der Waals surface area contributed by atoms with E-state index in [2.05, 4.69) is 22.6 Å². The number of carbonyl (C=O) groups excluding carboxylic acids is 2. The van der Waals surface area contributed by atoms with Crippen LogP contribution < -0.4 is 0 Å². The number of urea groups is 1. The van der Waals surface area contributed by atoms with Crippen LogP contribution in [0.25, 0.3) is 0 Å². The number of thiophene rings is 1. The van der Waals surface area contributed by atoms with Crippen molar-refractivity contribution < 1.29 is 9.59 Å². The van der Waals surface area contributed by atoms with Gasteiger partial charge in [0.1, 0.15) is 0 Å². The van der Waals surface area contributed by atoms with Crippen LogP contribution in [0.4, 0.5) is 4.79 Å². The minimum absolute atomic E-state index is 0.0732. The quantitative estimate of drug-likeness (QED) is 0.705. The molecule has 7 heteroatoms. The first kappa shape index (κ1) is 16.5. The molecule has 21 heavy (non-hydrogen) atoms. The van der Waals surface area contributed by atoms with Crippen LogP contribution in [0.1, 0.15) is 24.2 Å². The second-order valence-corrected chi connectivity index (χ2v) is 7.68. The van der Waals surface area contributed by atoms with Gasteiger partial charge in [0.15, 0.2) is 0 Å². The summed E-state index contributed by atoms with van der Waals surface area (Å²) in [5.41, 5.74) is 0.757. The number of hydrogen-bond acceptors (Lipinski definition) is 3. The Morgan fingerprint density at radius 1 is 1.19 bits per heavy atom. The fraction of sp³-hybridized carbons (Fsp3) is 0.571. The van der Waals surface area contributed by atoms with Gasteiger partial charge < -0.3 is 14.7 Å². The first-order valence-corrected chi connectivity index (χ1v) is 9.09. The summed E-state index contributed by atoms with van der Waals surface area (Å²) in [5, 5.41) is 1.90. The van der Waals surface area contributed by atoms with Crippen LogP contribution in [0.15, 0.2) is 11.4 Å². The third-order valence-corrected chi connectivity index (χ3v) is 5.47. The summed E-state index contributed by atoms with van der Waals surface area (Å²) in [7, 11) is 0. The zero-order chi connectivity index (χ0) is 15.4. The van der Waals surface area contributed by atoms with Crippen LogP contribution in [0.3, 0.4) is 0 Å². The molecule has 0 unspecified atom stereocenters. The Balaban J connectivity index is 1.91. The van der Waals surface area contributed by atoms with Gasteiger partial charge in [0.2, 0.25) is 0 Å². The van der Waals surface area contributed by atoms with Crippen LogP contribution in [-0.4, -0.2) is 65.9 Å². The molecule has 5 nitrogen and oxygen atoms in total. The maximum Gasteiger partial charge on any atom is 0.320 e. The minimum atomic E-state index is 0.0732. The number of carbonyl (C=O) groups is 2.